The molecule has 4 nitrogen and oxygen atoms in total. The monoisotopic (exact) mass is 289 g/mol. The van der Waals surface area contributed by atoms with Crippen molar-refractivity contribution >= 4 is 29.0 Å². The van der Waals surface area contributed by atoms with Crippen molar-refractivity contribution in [1.82, 2.24) is 9.97 Å². The molecule has 1 saturated carbocycles. The lowest BCUT2D eigenvalue weighted by molar-refractivity contribution is 0.279. The minimum absolute atomic E-state index is 0.0974. The summed E-state index contributed by atoms with van der Waals surface area (Å²) >= 11 is 12.1. The van der Waals surface area contributed by atoms with Gasteiger partial charge in [-0.3, -0.25) is 4.79 Å². The summed E-state index contributed by atoms with van der Waals surface area (Å²) in [5.41, 5.74) is -0.535. The smallest absolute Gasteiger partial charge is 0.271 e. The summed E-state index contributed by atoms with van der Waals surface area (Å²) in [5, 5.41) is 3.39. The molecule has 1 aromatic heterocycles. The van der Waals surface area contributed by atoms with E-state index in [0.717, 1.165) is 19.3 Å². The van der Waals surface area contributed by atoms with Crippen LogP contribution in [0.5, 0.6) is 0 Å². The lowest BCUT2D eigenvalue weighted by atomic mass is 9.77. The Morgan fingerprint density at radius 2 is 2.44 bits per heavy atom. The summed E-state index contributed by atoms with van der Waals surface area (Å²) in [5.74, 6) is 1.53. The Labute approximate surface area is 116 Å². The lowest BCUT2D eigenvalue weighted by Gasteiger charge is -2.39. The summed E-state index contributed by atoms with van der Waals surface area (Å²) in [6.45, 7) is 2.22. The number of hydrogen-bond donors (Lipinski definition) is 2. The summed E-state index contributed by atoms with van der Waals surface area (Å²) in [6, 6.07) is 0. The molecule has 100 valence electrons. The van der Waals surface area contributed by atoms with Crippen molar-refractivity contribution in [3.8, 4) is 0 Å². The number of H-pyrrole nitrogens is 1. The predicted octanol–water partition coefficient (Wildman–Crippen LogP) is 3.02. The Morgan fingerprint density at radius 3 is 3.11 bits per heavy atom. The van der Waals surface area contributed by atoms with E-state index in [4.69, 9.17) is 23.2 Å². The van der Waals surface area contributed by atoms with Gasteiger partial charge in [-0.15, -0.1) is 11.6 Å². The van der Waals surface area contributed by atoms with Gasteiger partial charge in [-0.1, -0.05) is 31.4 Å². The largest absolute Gasteiger partial charge is 0.362 e. The second-order valence-corrected chi connectivity index (χ2v) is 5.78. The Balaban J connectivity index is 2.24. The molecule has 0 aromatic carbocycles. The number of halogens is 2. The molecule has 2 atom stereocenters. The van der Waals surface area contributed by atoms with Crippen LogP contribution in [-0.4, -0.2) is 21.4 Å². The maximum Gasteiger partial charge on any atom is 0.271 e. The van der Waals surface area contributed by atoms with Gasteiger partial charge in [0, 0.05) is 5.88 Å². The number of nitrogens with one attached hydrogen (secondary N) is 2. The molecule has 0 saturated heterocycles. The Hall–Kier alpha value is -0.740. The van der Waals surface area contributed by atoms with Crippen LogP contribution >= 0.6 is 23.2 Å². The zero-order valence-electron chi connectivity index (χ0n) is 10.3. The molecule has 0 radical (unpaired) electrons. The van der Waals surface area contributed by atoms with Crippen LogP contribution in [-0.2, 0) is 0 Å². The SMILES string of the molecule is CC1CCCC(CCl)(Nc2nc[nH]c(=O)c2Cl)C1. The van der Waals surface area contributed by atoms with Gasteiger partial charge in [0.1, 0.15) is 5.02 Å². The molecule has 1 aliphatic carbocycles. The van der Waals surface area contributed by atoms with Gasteiger partial charge in [0.2, 0.25) is 0 Å². The van der Waals surface area contributed by atoms with Crippen molar-refractivity contribution in [2.45, 2.75) is 38.1 Å². The van der Waals surface area contributed by atoms with Gasteiger partial charge in [0.25, 0.3) is 5.56 Å². The molecule has 1 aromatic rings. The number of nitrogens with zero attached hydrogens (tertiary/aromatic N) is 1. The number of anilines is 1. The molecule has 1 fully saturated rings. The van der Waals surface area contributed by atoms with Crippen LogP contribution in [0.3, 0.4) is 0 Å². The van der Waals surface area contributed by atoms with Crippen LogP contribution in [0.1, 0.15) is 32.6 Å². The van der Waals surface area contributed by atoms with Crippen LogP contribution in [0.25, 0.3) is 0 Å². The highest BCUT2D eigenvalue weighted by Gasteiger charge is 2.35. The minimum atomic E-state index is -0.331. The zero-order valence-corrected chi connectivity index (χ0v) is 11.8. The van der Waals surface area contributed by atoms with Gasteiger partial charge in [-0.25, -0.2) is 4.98 Å². The third-order valence-electron chi connectivity index (χ3n) is 3.53. The lowest BCUT2D eigenvalue weighted by Crippen LogP contribution is -2.45. The van der Waals surface area contributed by atoms with E-state index in [-0.39, 0.29) is 16.1 Å². The summed E-state index contributed by atoms with van der Waals surface area (Å²) in [6.07, 6.45) is 5.65. The maximum absolute atomic E-state index is 11.4. The molecular formula is C12H17Cl2N3O. The van der Waals surface area contributed by atoms with Crippen LogP contribution in [0.15, 0.2) is 11.1 Å². The molecule has 2 rings (SSSR count). The van der Waals surface area contributed by atoms with E-state index in [1.54, 1.807) is 0 Å². The van der Waals surface area contributed by atoms with Gasteiger partial charge in [0.05, 0.1) is 11.9 Å². The summed E-state index contributed by atoms with van der Waals surface area (Å²) in [7, 11) is 0. The molecule has 2 unspecified atom stereocenters. The molecular weight excluding hydrogens is 273 g/mol. The first kappa shape index (κ1) is 13.7. The van der Waals surface area contributed by atoms with E-state index in [1.165, 1.54) is 12.7 Å². The fraction of sp³-hybridized carbons (Fsp3) is 0.667. The third kappa shape index (κ3) is 2.81. The maximum atomic E-state index is 11.4. The van der Waals surface area contributed by atoms with Crippen molar-refractivity contribution in [3.63, 3.8) is 0 Å². The second-order valence-electron chi connectivity index (χ2n) is 5.13. The number of alkyl halides is 1. The molecule has 6 heteroatoms. The first-order valence-electron chi connectivity index (χ1n) is 6.14. The minimum Gasteiger partial charge on any atom is -0.362 e. The van der Waals surface area contributed by atoms with Crippen molar-refractivity contribution < 1.29 is 0 Å². The molecule has 1 aliphatic rings. The normalized spacial score (nSPS) is 28.1. The second kappa shape index (κ2) is 5.49. The average molecular weight is 290 g/mol. The summed E-state index contributed by atoms with van der Waals surface area (Å²) in [4.78, 5) is 18.0. The fourth-order valence-electron chi connectivity index (χ4n) is 2.65. The number of aromatic amines is 1. The van der Waals surface area contributed by atoms with Crippen molar-refractivity contribution in [2.24, 2.45) is 5.92 Å². The van der Waals surface area contributed by atoms with E-state index < -0.39 is 0 Å². The van der Waals surface area contributed by atoms with E-state index >= 15 is 0 Å². The Bertz CT molecular complexity index is 477. The van der Waals surface area contributed by atoms with E-state index in [1.807, 2.05) is 0 Å². The average Bonchev–Trinajstić information content (AvgIpc) is 2.35. The molecule has 0 aliphatic heterocycles. The summed E-state index contributed by atoms with van der Waals surface area (Å²) < 4.78 is 0. The quantitative estimate of drug-likeness (QED) is 0.841. The highest BCUT2D eigenvalue weighted by Crippen LogP contribution is 2.36. The molecule has 1 heterocycles. The number of hydrogen-bond acceptors (Lipinski definition) is 3. The van der Waals surface area contributed by atoms with Gasteiger partial charge >= 0.3 is 0 Å². The van der Waals surface area contributed by atoms with Gasteiger partial charge < -0.3 is 10.3 Å². The predicted molar refractivity (Wildman–Crippen MR) is 74.6 cm³/mol. The van der Waals surface area contributed by atoms with Crippen LogP contribution in [0.2, 0.25) is 5.02 Å². The van der Waals surface area contributed by atoms with E-state index in [2.05, 4.69) is 22.2 Å². The molecule has 0 spiro atoms. The standard InChI is InChI=1S/C12H17Cl2N3O/c1-8-3-2-4-12(5-8,6-13)17-10-9(14)11(18)16-7-15-10/h7-8H,2-6H2,1H3,(H2,15,16,17,18). The molecule has 0 bridgehead atoms. The van der Waals surface area contributed by atoms with E-state index in [0.29, 0.717) is 17.6 Å². The zero-order chi connectivity index (χ0) is 13.2. The van der Waals surface area contributed by atoms with Crippen molar-refractivity contribution in [1.29, 1.82) is 0 Å². The van der Waals surface area contributed by atoms with Crippen LogP contribution < -0.4 is 10.9 Å². The van der Waals surface area contributed by atoms with Crippen molar-refractivity contribution in [2.75, 3.05) is 11.2 Å². The Kier molecular flexibility index (Phi) is 4.17. The molecule has 18 heavy (non-hydrogen) atoms. The van der Waals surface area contributed by atoms with E-state index in [9.17, 15) is 4.79 Å². The fourth-order valence-corrected chi connectivity index (χ4v) is 3.11. The number of rotatable bonds is 3. The number of aromatic nitrogens is 2. The molecule has 0 amide bonds. The third-order valence-corrected chi connectivity index (χ3v) is 4.39. The first-order chi connectivity index (χ1) is 8.56. The first-order valence-corrected chi connectivity index (χ1v) is 7.05. The van der Waals surface area contributed by atoms with Crippen molar-refractivity contribution in [3.05, 3.63) is 21.7 Å². The topological polar surface area (TPSA) is 57.8 Å². The van der Waals surface area contributed by atoms with Gasteiger partial charge in [-0.2, -0.15) is 0 Å². The Morgan fingerprint density at radius 1 is 1.67 bits per heavy atom. The highest BCUT2D eigenvalue weighted by molar-refractivity contribution is 6.32. The van der Waals surface area contributed by atoms with Crippen LogP contribution in [0.4, 0.5) is 5.82 Å². The van der Waals surface area contributed by atoms with Crippen LogP contribution in [0, 0.1) is 5.92 Å². The van der Waals surface area contributed by atoms with Gasteiger partial charge in [-0.05, 0) is 18.8 Å². The highest BCUT2D eigenvalue weighted by atomic mass is 35.5. The molecule has 2 N–H and O–H groups in total. The van der Waals surface area contributed by atoms with Gasteiger partial charge in [0.15, 0.2) is 5.82 Å².